The van der Waals surface area contributed by atoms with Crippen molar-refractivity contribution in [3.63, 3.8) is 0 Å². The fraction of sp³-hybridized carbons (Fsp3) is 0.667. The molecule has 1 heterocycles. The second-order valence-electron chi connectivity index (χ2n) is 7.12. The van der Waals surface area contributed by atoms with Crippen LogP contribution in [0.25, 0.3) is 0 Å². The lowest BCUT2D eigenvalue weighted by molar-refractivity contribution is 0.0740. The Morgan fingerprint density at radius 3 is 1.75 bits per heavy atom. The number of nitrogens with two attached hydrogens (primary N) is 1. The van der Waals surface area contributed by atoms with Crippen molar-refractivity contribution in [3.8, 4) is 0 Å². The number of carbonyl (C=O) groups is 1. The molecule has 0 spiro atoms. The van der Waals surface area contributed by atoms with Gasteiger partial charge in [0, 0.05) is 84.3 Å². The highest BCUT2D eigenvalue weighted by atomic mass is 28.4. The number of nitrogens with one attached hydrogen (secondary N) is 1. The van der Waals surface area contributed by atoms with Crippen molar-refractivity contribution in [3.05, 3.63) is 17.8 Å². The normalized spacial score (nSPS) is 12.2. The van der Waals surface area contributed by atoms with E-state index in [1.165, 1.54) is 0 Å². The van der Waals surface area contributed by atoms with E-state index < -0.39 is 17.6 Å². The third kappa shape index (κ3) is 7.68. The van der Waals surface area contributed by atoms with Crippen LogP contribution in [0.4, 0.5) is 5.82 Å². The SMILES string of the molecule is CO[Si](CCCN(CCC[Si](OC)(OC)OC)C(=O)c1cnc(NN)cc1[SiH3])(OC)OC. The topological polar surface area (TPSA) is 127 Å². The Kier molecular flexibility index (Phi) is 12.7. The molecule has 0 aliphatic heterocycles. The van der Waals surface area contributed by atoms with E-state index in [2.05, 4.69) is 10.4 Å². The molecule has 0 atom stereocenters. The molecule has 0 fully saturated rings. The number of pyridine rings is 1. The molecule has 0 unspecified atom stereocenters. The summed E-state index contributed by atoms with van der Waals surface area (Å²) in [6, 6.07) is 2.99. The lowest BCUT2D eigenvalue weighted by Crippen LogP contribution is -2.45. The maximum atomic E-state index is 13.4. The van der Waals surface area contributed by atoms with Gasteiger partial charge in [-0.05, 0) is 18.9 Å². The molecule has 1 amide bonds. The molecule has 0 saturated carbocycles. The van der Waals surface area contributed by atoms with E-state index in [0.717, 1.165) is 5.19 Å². The Morgan fingerprint density at radius 1 is 0.969 bits per heavy atom. The maximum absolute atomic E-state index is 13.4. The monoisotopic (exact) mass is 506 g/mol. The highest BCUT2D eigenvalue weighted by molar-refractivity contribution is 6.60. The van der Waals surface area contributed by atoms with E-state index in [1.807, 2.05) is 4.90 Å². The van der Waals surface area contributed by atoms with E-state index in [4.69, 9.17) is 32.4 Å². The van der Waals surface area contributed by atoms with Crippen LogP contribution in [0.5, 0.6) is 0 Å². The zero-order valence-corrected chi connectivity index (χ0v) is 24.2. The van der Waals surface area contributed by atoms with Crippen molar-refractivity contribution in [2.24, 2.45) is 5.84 Å². The van der Waals surface area contributed by atoms with Gasteiger partial charge in [0.25, 0.3) is 5.91 Å². The van der Waals surface area contributed by atoms with Crippen LogP contribution < -0.4 is 16.5 Å². The molecule has 14 heteroatoms. The van der Waals surface area contributed by atoms with Gasteiger partial charge in [-0.3, -0.25) is 4.79 Å². The van der Waals surface area contributed by atoms with Crippen LogP contribution in [-0.4, -0.2) is 99.4 Å². The third-order valence-corrected chi connectivity index (χ3v) is 12.0. The average molecular weight is 507 g/mol. The summed E-state index contributed by atoms with van der Waals surface area (Å²) in [7, 11) is 4.74. The van der Waals surface area contributed by atoms with Crippen LogP contribution in [0.2, 0.25) is 12.1 Å². The van der Waals surface area contributed by atoms with Crippen LogP contribution in [0.1, 0.15) is 23.2 Å². The largest absolute Gasteiger partial charge is 0.500 e. The Labute approximate surface area is 196 Å². The predicted molar refractivity (Wildman–Crippen MR) is 130 cm³/mol. The maximum Gasteiger partial charge on any atom is 0.500 e. The van der Waals surface area contributed by atoms with E-state index in [0.29, 0.717) is 59.6 Å². The van der Waals surface area contributed by atoms with Crippen molar-refractivity contribution < 1.29 is 31.4 Å². The van der Waals surface area contributed by atoms with Crippen molar-refractivity contribution in [2.45, 2.75) is 24.9 Å². The minimum Gasteiger partial charge on any atom is -0.377 e. The fourth-order valence-corrected chi connectivity index (χ4v) is 7.45. The molecule has 1 aromatic heterocycles. The molecule has 1 rings (SSSR count). The summed E-state index contributed by atoms with van der Waals surface area (Å²) in [4.78, 5) is 19.4. The molecule has 32 heavy (non-hydrogen) atoms. The van der Waals surface area contributed by atoms with Crippen molar-refractivity contribution in [1.82, 2.24) is 9.88 Å². The number of rotatable bonds is 16. The fourth-order valence-electron chi connectivity index (χ4n) is 3.43. The summed E-state index contributed by atoms with van der Waals surface area (Å²) >= 11 is 0. The molecule has 0 aromatic carbocycles. The number of amides is 1. The van der Waals surface area contributed by atoms with E-state index in [9.17, 15) is 4.79 Å². The number of nitrogen functional groups attached to an aromatic ring is 1. The van der Waals surface area contributed by atoms with Gasteiger partial charge in [0.15, 0.2) is 0 Å². The van der Waals surface area contributed by atoms with E-state index >= 15 is 0 Å². The number of hydrogen-bond acceptors (Lipinski definition) is 10. The molecule has 0 aliphatic rings. The van der Waals surface area contributed by atoms with Crippen molar-refractivity contribution in [2.75, 3.05) is 61.2 Å². The van der Waals surface area contributed by atoms with E-state index in [1.54, 1.807) is 54.9 Å². The average Bonchev–Trinajstić information content (AvgIpc) is 2.83. The number of aromatic nitrogens is 1. The Morgan fingerprint density at radius 2 is 1.41 bits per heavy atom. The summed E-state index contributed by atoms with van der Waals surface area (Å²) in [6.07, 6.45) is 2.91. The predicted octanol–water partition coefficient (Wildman–Crippen LogP) is -0.663. The van der Waals surface area contributed by atoms with Gasteiger partial charge in [0.1, 0.15) is 5.82 Å². The molecule has 0 bridgehead atoms. The van der Waals surface area contributed by atoms with Gasteiger partial charge in [-0.2, -0.15) is 0 Å². The molecule has 1 aromatic rings. The standard InChI is InChI=1S/C18H38N4O7Si3/c1-24-31(25-2,26-3)11-7-9-22(10-8-12-32(27-4,28-5)29-6)18(23)15-14-20-17(21-19)13-16(15)30/h13-14H,7-12,19H2,1-6,30H3,(H,20,21). The molecule has 0 saturated heterocycles. The minimum absolute atomic E-state index is 0.0786. The number of hydrazine groups is 1. The van der Waals surface area contributed by atoms with Crippen LogP contribution in [0.15, 0.2) is 12.3 Å². The molecular weight excluding hydrogens is 468 g/mol. The first-order valence-electron chi connectivity index (χ1n) is 10.3. The Balaban J connectivity index is 2.98. The smallest absolute Gasteiger partial charge is 0.377 e. The lowest BCUT2D eigenvalue weighted by Gasteiger charge is -2.29. The highest BCUT2D eigenvalue weighted by Gasteiger charge is 2.38. The van der Waals surface area contributed by atoms with E-state index in [-0.39, 0.29) is 5.91 Å². The highest BCUT2D eigenvalue weighted by Crippen LogP contribution is 2.19. The van der Waals surface area contributed by atoms with Crippen molar-refractivity contribution >= 4 is 44.8 Å². The number of hydrogen-bond donors (Lipinski definition) is 2. The Bertz CT molecular complexity index is 667. The number of carbonyl (C=O) groups excluding carboxylic acids is 1. The van der Waals surface area contributed by atoms with Gasteiger partial charge >= 0.3 is 17.6 Å². The molecule has 0 aliphatic carbocycles. The number of nitrogens with zero attached hydrogens (tertiary/aromatic N) is 2. The molecule has 11 nitrogen and oxygen atoms in total. The quantitative estimate of drug-likeness (QED) is 0.169. The zero-order valence-electron chi connectivity index (χ0n) is 20.2. The second-order valence-corrected chi connectivity index (χ2v) is 14.4. The van der Waals surface area contributed by atoms with Gasteiger partial charge in [-0.25, -0.2) is 10.8 Å². The third-order valence-electron chi connectivity index (χ3n) is 5.46. The Hall–Kier alpha value is -1.21. The van der Waals surface area contributed by atoms with Crippen LogP contribution in [0.3, 0.4) is 0 Å². The van der Waals surface area contributed by atoms with Crippen LogP contribution in [0, 0.1) is 0 Å². The van der Waals surface area contributed by atoms with Gasteiger partial charge in [-0.1, -0.05) is 5.19 Å². The summed E-state index contributed by atoms with van der Waals surface area (Å²) in [5.74, 6) is 5.89. The first kappa shape index (κ1) is 28.8. The lowest BCUT2D eigenvalue weighted by atomic mass is 10.2. The van der Waals surface area contributed by atoms with Crippen molar-refractivity contribution in [1.29, 1.82) is 0 Å². The first-order valence-corrected chi connectivity index (χ1v) is 15.2. The molecule has 184 valence electrons. The number of anilines is 1. The van der Waals surface area contributed by atoms with Gasteiger partial charge in [0.2, 0.25) is 0 Å². The van der Waals surface area contributed by atoms with Gasteiger partial charge in [-0.15, -0.1) is 0 Å². The second kappa shape index (κ2) is 14.1. The molecule has 3 N–H and O–H groups in total. The van der Waals surface area contributed by atoms with Crippen LogP contribution in [-0.2, 0) is 26.6 Å². The first-order chi connectivity index (χ1) is 15.3. The summed E-state index contributed by atoms with van der Waals surface area (Å²) < 4.78 is 33.0. The summed E-state index contributed by atoms with van der Waals surface area (Å²) in [5.41, 5.74) is 3.10. The summed E-state index contributed by atoms with van der Waals surface area (Å²) in [5, 5.41) is 0.923. The molecular formula is C18H38N4O7Si3. The molecule has 0 radical (unpaired) electrons. The minimum atomic E-state index is -2.72. The van der Waals surface area contributed by atoms with Crippen LogP contribution >= 0.6 is 0 Å². The van der Waals surface area contributed by atoms with Gasteiger partial charge < -0.3 is 36.9 Å². The van der Waals surface area contributed by atoms with Gasteiger partial charge in [0.05, 0.1) is 5.56 Å². The zero-order chi connectivity index (χ0) is 24.2. The summed E-state index contributed by atoms with van der Waals surface area (Å²) in [6.45, 7) is 1.03.